The average Bonchev–Trinajstić information content (AvgIpc) is 2.72. The third-order valence-electron chi connectivity index (χ3n) is 3.53. The predicted octanol–water partition coefficient (Wildman–Crippen LogP) is 2.71. The van der Waals surface area contributed by atoms with Crippen molar-refractivity contribution >= 4 is 17.5 Å². The number of aromatic nitrogens is 2. The van der Waals surface area contributed by atoms with Crippen molar-refractivity contribution in [2.75, 3.05) is 19.6 Å². The number of carbonyl (C=O) groups is 1. The van der Waals surface area contributed by atoms with Gasteiger partial charge >= 0.3 is 6.18 Å². The van der Waals surface area contributed by atoms with E-state index in [4.69, 9.17) is 11.6 Å². The van der Waals surface area contributed by atoms with Crippen LogP contribution in [0.1, 0.15) is 32.2 Å². The Kier molecular flexibility index (Phi) is 6.88. The summed E-state index contributed by atoms with van der Waals surface area (Å²) in [4.78, 5) is 14.1. The van der Waals surface area contributed by atoms with Crippen LogP contribution in [0.25, 0.3) is 0 Å². The van der Waals surface area contributed by atoms with Crippen LogP contribution in [0.5, 0.6) is 0 Å². The van der Waals surface area contributed by atoms with E-state index in [9.17, 15) is 18.0 Å². The summed E-state index contributed by atoms with van der Waals surface area (Å²) in [5.74, 6) is -0.402. The third-order valence-corrected chi connectivity index (χ3v) is 3.98. The summed E-state index contributed by atoms with van der Waals surface area (Å²) < 4.78 is 39.2. The van der Waals surface area contributed by atoms with Crippen LogP contribution in [0.3, 0.4) is 0 Å². The van der Waals surface area contributed by atoms with E-state index in [0.717, 1.165) is 17.8 Å². The number of likely N-dealkylation sites (N-methyl/N-ethyl adjacent to an activating group) is 1. The van der Waals surface area contributed by atoms with Crippen LogP contribution in [0.15, 0.2) is 0 Å². The normalized spacial score (nSPS) is 13.4. The molecule has 132 valence electrons. The second-order valence-electron chi connectivity index (χ2n) is 5.36. The molecule has 0 spiro atoms. The summed E-state index contributed by atoms with van der Waals surface area (Å²) in [7, 11) is 0. The molecule has 0 aliphatic rings. The van der Waals surface area contributed by atoms with Gasteiger partial charge in [-0.15, -0.1) is 0 Å². The molecule has 1 heterocycles. The monoisotopic (exact) mass is 354 g/mol. The van der Waals surface area contributed by atoms with Crippen molar-refractivity contribution in [3.8, 4) is 0 Å². The van der Waals surface area contributed by atoms with E-state index in [0.29, 0.717) is 6.54 Å². The van der Waals surface area contributed by atoms with Gasteiger partial charge in [0.15, 0.2) is 5.69 Å². The van der Waals surface area contributed by atoms with Crippen molar-refractivity contribution in [3.63, 3.8) is 0 Å². The molecule has 0 bridgehead atoms. The maximum absolute atomic E-state index is 12.7. The zero-order valence-electron chi connectivity index (χ0n) is 13.7. The fraction of sp³-hybridized carbons (Fsp3) is 0.714. The zero-order valence-corrected chi connectivity index (χ0v) is 14.4. The Labute approximate surface area is 138 Å². The van der Waals surface area contributed by atoms with Crippen molar-refractivity contribution < 1.29 is 18.0 Å². The smallest absolute Gasteiger partial charge is 0.351 e. The minimum atomic E-state index is -4.64. The van der Waals surface area contributed by atoms with Gasteiger partial charge < -0.3 is 10.2 Å². The van der Waals surface area contributed by atoms with Crippen LogP contribution in [-0.2, 0) is 17.5 Å². The van der Waals surface area contributed by atoms with Crippen molar-refractivity contribution in [1.82, 2.24) is 20.0 Å². The molecule has 0 unspecified atom stereocenters. The third kappa shape index (κ3) is 5.39. The molecule has 0 fully saturated rings. The van der Waals surface area contributed by atoms with Gasteiger partial charge in [-0.1, -0.05) is 25.4 Å². The lowest BCUT2D eigenvalue weighted by atomic mass is 10.3. The Hall–Kier alpha value is -1.28. The Morgan fingerprint density at radius 1 is 1.39 bits per heavy atom. The first-order valence-corrected chi connectivity index (χ1v) is 7.79. The molecule has 1 atom stereocenters. The maximum atomic E-state index is 12.7. The van der Waals surface area contributed by atoms with Gasteiger partial charge in [0.25, 0.3) is 0 Å². The second kappa shape index (κ2) is 8.01. The number of carbonyl (C=O) groups excluding carboxylic acids is 1. The van der Waals surface area contributed by atoms with Crippen molar-refractivity contribution in [1.29, 1.82) is 0 Å². The van der Waals surface area contributed by atoms with Crippen LogP contribution in [0, 0.1) is 6.92 Å². The number of hydrogen-bond acceptors (Lipinski definition) is 3. The van der Waals surface area contributed by atoms with Gasteiger partial charge in [0.2, 0.25) is 5.91 Å². The maximum Gasteiger partial charge on any atom is 0.436 e. The molecule has 1 rings (SSSR count). The number of amides is 1. The molecule has 1 aromatic rings. The van der Waals surface area contributed by atoms with Crippen LogP contribution in [0.2, 0.25) is 5.02 Å². The molecular weight excluding hydrogens is 333 g/mol. The topological polar surface area (TPSA) is 50.2 Å². The van der Waals surface area contributed by atoms with Crippen LogP contribution < -0.4 is 5.32 Å². The van der Waals surface area contributed by atoms with Gasteiger partial charge in [0.05, 0.1) is 10.7 Å². The summed E-state index contributed by atoms with van der Waals surface area (Å²) in [5, 5.41) is 5.70. The van der Waals surface area contributed by atoms with Gasteiger partial charge in [-0.25, -0.2) is 0 Å². The first kappa shape index (κ1) is 19.8. The van der Waals surface area contributed by atoms with Gasteiger partial charge in [-0.3, -0.25) is 9.48 Å². The van der Waals surface area contributed by atoms with E-state index in [1.807, 2.05) is 20.8 Å². The number of nitrogens with one attached hydrogen (secondary N) is 1. The highest BCUT2D eigenvalue weighted by molar-refractivity contribution is 6.32. The highest BCUT2D eigenvalue weighted by atomic mass is 35.5. The quantitative estimate of drug-likeness (QED) is 0.819. The molecule has 1 aromatic heterocycles. The number of nitrogens with zero attached hydrogens (tertiary/aromatic N) is 3. The van der Waals surface area contributed by atoms with Crippen molar-refractivity contribution in [3.05, 3.63) is 16.4 Å². The summed E-state index contributed by atoms with van der Waals surface area (Å²) >= 11 is 5.65. The Balaban J connectivity index is 2.71. The van der Waals surface area contributed by atoms with E-state index >= 15 is 0 Å². The predicted molar refractivity (Wildman–Crippen MR) is 82.4 cm³/mol. The van der Waals surface area contributed by atoms with Crippen LogP contribution >= 0.6 is 11.6 Å². The lowest BCUT2D eigenvalue weighted by Gasteiger charge is -2.23. The molecule has 23 heavy (non-hydrogen) atoms. The number of halogens is 4. The first-order valence-electron chi connectivity index (χ1n) is 7.41. The Bertz CT molecular complexity index is 541. The van der Waals surface area contributed by atoms with Gasteiger partial charge in [0.1, 0.15) is 6.54 Å². The Morgan fingerprint density at radius 2 is 1.96 bits per heavy atom. The van der Waals surface area contributed by atoms with Crippen molar-refractivity contribution in [2.45, 2.75) is 46.5 Å². The molecule has 1 amide bonds. The van der Waals surface area contributed by atoms with Crippen LogP contribution in [0.4, 0.5) is 13.2 Å². The lowest BCUT2D eigenvalue weighted by molar-refractivity contribution is -0.141. The number of hydrogen-bond donors (Lipinski definition) is 1. The van der Waals surface area contributed by atoms with E-state index in [2.05, 4.69) is 15.3 Å². The largest absolute Gasteiger partial charge is 0.436 e. The fourth-order valence-corrected chi connectivity index (χ4v) is 2.47. The summed E-state index contributed by atoms with van der Waals surface area (Å²) in [6.45, 7) is 9.38. The highest BCUT2D eigenvalue weighted by Gasteiger charge is 2.38. The molecule has 9 heteroatoms. The van der Waals surface area contributed by atoms with Gasteiger partial charge in [-0.2, -0.15) is 18.3 Å². The molecular formula is C14H22ClF3N4O. The van der Waals surface area contributed by atoms with Crippen molar-refractivity contribution in [2.24, 2.45) is 0 Å². The highest BCUT2D eigenvalue weighted by Crippen LogP contribution is 2.35. The summed E-state index contributed by atoms with van der Waals surface area (Å²) in [6, 6.07) is -0.115. The van der Waals surface area contributed by atoms with E-state index in [1.165, 1.54) is 6.92 Å². The summed E-state index contributed by atoms with van der Waals surface area (Å²) in [6.07, 6.45) is -4.64. The zero-order chi connectivity index (χ0) is 17.8. The average molecular weight is 355 g/mol. The van der Waals surface area contributed by atoms with E-state index in [1.54, 1.807) is 0 Å². The summed E-state index contributed by atoms with van der Waals surface area (Å²) in [5.41, 5.74) is -1.05. The molecule has 0 aliphatic heterocycles. The van der Waals surface area contributed by atoms with E-state index in [-0.39, 0.29) is 18.3 Å². The molecule has 0 saturated heterocycles. The number of alkyl halides is 3. The molecule has 1 N–H and O–H groups in total. The minimum absolute atomic E-state index is 0.115. The first-order chi connectivity index (χ1) is 10.6. The molecule has 0 saturated carbocycles. The van der Waals surface area contributed by atoms with Gasteiger partial charge in [-0.05, 0) is 26.9 Å². The van der Waals surface area contributed by atoms with Gasteiger partial charge in [0, 0.05) is 12.6 Å². The molecule has 0 radical (unpaired) electrons. The molecule has 0 aliphatic carbocycles. The molecule has 0 aromatic carbocycles. The standard InChI is InChI=1S/C14H22ClF3N4O/c1-5-21(6-2)7-9(3)19-11(23)8-22-10(4)12(15)13(20-22)14(16,17)18/h9H,5-8H2,1-4H3,(H,19,23)/t9-/m1/s1. The minimum Gasteiger partial charge on any atom is -0.351 e. The number of rotatable bonds is 7. The lowest BCUT2D eigenvalue weighted by Crippen LogP contribution is -2.43. The second-order valence-corrected chi connectivity index (χ2v) is 5.74. The van der Waals surface area contributed by atoms with E-state index < -0.39 is 22.8 Å². The van der Waals surface area contributed by atoms with Crippen LogP contribution in [-0.4, -0.2) is 46.3 Å². The fourth-order valence-electron chi connectivity index (χ4n) is 2.23. The molecule has 5 nitrogen and oxygen atoms in total. The SMILES string of the molecule is CCN(CC)C[C@@H](C)NC(=O)Cn1nc(C(F)(F)F)c(Cl)c1C. The Morgan fingerprint density at radius 3 is 2.39 bits per heavy atom.